The molecular formula is C27H26N4O4. The zero-order chi connectivity index (χ0) is 24.5. The summed E-state index contributed by atoms with van der Waals surface area (Å²) in [4.78, 5) is 15.2. The van der Waals surface area contributed by atoms with Crippen LogP contribution in [0.3, 0.4) is 0 Å². The van der Waals surface area contributed by atoms with E-state index in [0.717, 1.165) is 28.0 Å². The number of ether oxygens (including phenoxy) is 1. The van der Waals surface area contributed by atoms with Gasteiger partial charge in [0.15, 0.2) is 0 Å². The summed E-state index contributed by atoms with van der Waals surface area (Å²) < 4.78 is 7.00. The van der Waals surface area contributed by atoms with Crippen LogP contribution in [-0.4, -0.2) is 37.9 Å². The highest BCUT2D eigenvalue weighted by atomic mass is 16.5. The van der Waals surface area contributed by atoms with E-state index in [0.29, 0.717) is 31.1 Å². The first-order chi connectivity index (χ1) is 16.9. The number of fused-ring (bicyclic) bond motifs is 1. The van der Waals surface area contributed by atoms with Crippen molar-refractivity contribution in [2.24, 2.45) is 0 Å². The van der Waals surface area contributed by atoms with E-state index >= 15 is 0 Å². The van der Waals surface area contributed by atoms with Crippen molar-refractivity contribution in [1.29, 1.82) is 0 Å². The molecule has 8 nitrogen and oxygen atoms in total. The zero-order valence-electron chi connectivity index (χ0n) is 19.5. The molecule has 0 radical (unpaired) electrons. The molecule has 178 valence electrons. The van der Waals surface area contributed by atoms with Gasteiger partial charge in [0.25, 0.3) is 5.91 Å². The number of hydrogen-bond donors (Lipinski definition) is 3. The van der Waals surface area contributed by atoms with Crippen molar-refractivity contribution >= 4 is 17.4 Å². The van der Waals surface area contributed by atoms with Crippen LogP contribution >= 0.6 is 0 Å². The Morgan fingerprint density at radius 2 is 1.74 bits per heavy atom. The SMILES string of the molecule is COc1ccc(Cn2ncc(C)c2Nc2cc(O)cc(O)c2C(=O)N2Cc3ccccc3C2)cc1. The Morgan fingerprint density at radius 3 is 2.40 bits per heavy atom. The average molecular weight is 471 g/mol. The maximum absolute atomic E-state index is 13.5. The number of aromatic nitrogens is 2. The summed E-state index contributed by atoms with van der Waals surface area (Å²) in [5.41, 5.74) is 4.45. The molecule has 0 saturated heterocycles. The Labute approximate surface area is 203 Å². The average Bonchev–Trinajstić information content (AvgIpc) is 3.43. The fraction of sp³-hybridized carbons (Fsp3) is 0.185. The third kappa shape index (κ3) is 4.38. The van der Waals surface area contributed by atoms with Crippen LogP contribution in [0.4, 0.5) is 11.5 Å². The number of aryl methyl sites for hydroxylation is 1. The van der Waals surface area contributed by atoms with Crippen LogP contribution in [-0.2, 0) is 19.6 Å². The smallest absolute Gasteiger partial charge is 0.260 e. The standard InChI is InChI=1S/C27H26N4O4/c1-17-13-28-31(14-18-7-9-22(35-2)10-8-18)26(17)29-23-11-21(32)12-24(33)25(23)27(34)30-15-19-5-3-4-6-20(19)16-30/h3-13,29,32-33H,14-16H2,1-2H3. The van der Waals surface area contributed by atoms with Gasteiger partial charge in [-0.15, -0.1) is 0 Å². The molecule has 35 heavy (non-hydrogen) atoms. The van der Waals surface area contributed by atoms with Crippen molar-refractivity contribution in [3.05, 3.63) is 94.7 Å². The van der Waals surface area contributed by atoms with Gasteiger partial charge in [-0.25, -0.2) is 4.68 Å². The Morgan fingerprint density at radius 1 is 1.06 bits per heavy atom. The van der Waals surface area contributed by atoms with E-state index in [9.17, 15) is 15.0 Å². The molecule has 0 saturated carbocycles. The van der Waals surface area contributed by atoms with Crippen molar-refractivity contribution in [1.82, 2.24) is 14.7 Å². The monoisotopic (exact) mass is 470 g/mol. The van der Waals surface area contributed by atoms with Gasteiger partial charge in [0.05, 0.1) is 25.5 Å². The summed E-state index contributed by atoms with van der Waals surface area (Å²) in [5, 5.41) is 28.6. The first-order valence-corrected chi connectivity index (χ1v) is 11.3. The summed E-state index contributed by atoms with van der Waals surface area (Å²) in [5.74, 6) is 0.674. The number of methoxy groups -OCH3 is 1. The largest absolute Gasteiger partial charge is 0.508 e. The Bertz CT molecular complexity index is 1370. The van der Waals surface area contributed by atoms with E-state index in [1.54, 1.807) is 22.9 Å². The number of amides is 1. The van der Waals surface area contributed by atoms with Gasteiger partial charge in [-0.3, -0.25) is 4.79 Å². The van der Waals surface area contributed by atoms with E-state index in [2.05, 4.69) is 10.4 Å². The Balaban J connectivity index is 1.45. The maximum atomic E-state index is 13.5. The normalized spacial score (nSPS) is 12.5. The highest BCUT2D eigenvalue weighted by molar-refractivity contribution is 6.03. The summed E-state index contributed by atoms with van der Waals surface area (Å²) in [6, 6.07) is 18.2. The van der Waals surface area contributed by atoms with Crippen LogP contribution < -0.4 is 10.1 Å². The lowest BCUT2D eigenvalue weighted by atomic mass is 10.1. The van der Waals surface area contributed by atoms with Crippen molar-refractivity contribution < 1.29 is 19.7 Å². The third-order valence-corrected chi connectivity index (χ3v) is 6.21. The number of anilines is 2. The number of phenols is 2. The first kappa shape index (κ1) is 22.3. The van der Waals surface area contributed by atoms with Crippen LogP contribution in [0.1, 0.15) is 32.6 Å². The van der Waals surface area contributed by atoms with E-state index in [-0.39, 0.29) is 23.0 Å². The summed E-state index contributed by atoms with van der Waals surface area (Å²) in [6.45, 7) is 3.31. The van der Waals surface area contributed by atoms with Crippen LogP contribution in [0, 0.1) is 6.92 Å². The third-order valence-electron chi connectivity index (χ3n) is 6.21. The predicted octanol–water partition coefficient (Wildman–Crippen LogP) is 4.56. The number of aromatic hydroxyl groups is 2. The molecule has 0 unspecified atom stereocenters. The molecule has 3 N–H and O–H groups in total. The molecular weight excluding hydrogens is 444 g/mol. The molecule has 5 rings (SSSR count). The number of benzene rings is 3. The van der Waals surface area contributed by atoms with Crippen LogP contribution in [0.15, 0.2) is 66.9 Å². The second-order valence-corrected chi connectivity index (χ2v) is 8.62. The molecule has 8 heteroatoms. The van der Waals surface area contributed by atoms with Crippen molar-refractivity contribution in [2.45, 2.75) is 26.6 Å². The molecule has 0 fully saturated rings. The molecule has 2 heterocycles. The topological polar surface area (TPSA) is 99.9 Å². The molecule has 3 aromatic carbocycles. The van der Waals surface area contributed by atoms with Crippen molar-refractivity contribution in [2.75, 3.05) is 12.4 Å². The number of hydrogen-bond acceptors (Lipinski definition) is 6. The lowest BCUT2D eigenvalue weighted by Gasteiger charge is -2.20. The van der Waals surface area contributed by atoms with Crippen molar-refractivity contribution in [3.63, 3.8) is 0 Å². The van der Waals surface area contributed by atoms with Gasteiger partial charge in [-0.05, 0) is 35.7 Å². The minimum atomic E-state index is -0.319. The molecule has 0 bridgehead atoms. The van der Waals surface area contributed by atoms with Gasteiger partial charge in [0, 0.05) is 30.8 Å². The van der Waals surface area contributed by atoms with E-state index in [4.69, 9.17) is 4.74 Å². The number of carbonyl (C=O) groups is 1. The van der Waals surface area contributed by atoms with Crippen LogP contribution in [0.5, 0.6) is 17.2 Å². The highest BCUT2D eigenvalue weighted by Gasteiger charge is 2.28. The minimum Gasteiger partial charge on any atom is -0.508 e. The lowest BCUT2D eigenvalue weighted by Crippen LogP contribution is -2.26. The van der Waals surface area contributed by atoms with E-state index in [1.807, 2.05) is 55.5 Å². The number of phenolic OH excluding ortho intramolecular Hbond substituents is 2. The maximum Gasteiger partial charge on any atom is 0.260 e. The molecule has 0 aliphatic carbocycles. The van der Waals surface area contributed by atoms with Crippen molar-refractivity contribution in [3.8, 4) is 17.2 Å². The number of nitrogens with one attached hydrogen (secondary N) is 1. The molecule has 0 atom stereocenters. The zero-order valence-corrected chi connectivity index (χ0v) is 19.5. The summed E-state index contributed by atoms with van der Waals surface area (Å²) in [7, 11) is 1.62. The molecule has 1 amide bonds. The van der Waals surface area contributed by atoms with E-state index in [1.165, 1.54) is 12.1 Å². The fourth-order valence-corrected chi connectivity index (χ4v) is 4.36. The molecule has 0 spiro atoms. The minimum absolute atomic E-state index is 0.104. The van der Waals surface area contributed by atoms with Gasteiger partial charge in [0.2, 0.25) is 0 Å². The number of carbonyl (C=O) groups excluding carboxylic acids is 1. The number of rotatable bonds is 6. The fourth-order valence-electron chi connectivity index (χ4n) is 4.36. The lowest BCUT2D eigenvalue weighted by molar-refractivity contribution is 0.0749. The van der Waals surface area contributed by atoms with Gasteiger partial charge in [0.1, 0.15) is 28.6 Å². The summed E-state index contributed by atoms with van der Waals surface area (Å²) in [6.07, 6.45) is 1.73. The predicted molar refractivity (Wildman–Crippen MR) is 132 cm³/mol. The molecule has 1 aromatic heterocycles. The molecule has 1 aliphatic heterocycles. The second-order valence-electron chi connectivity index (χ2n) is 8.62. The Hall–Kier alpha value is -4.46. The second kappa shape index (κ2) is 9.06. The quantitative estimate of drug-likeness (QED) is 0.382. The van der Waals surface area contributed by atoms with E-state index < -0.39 is 0 Å². The number of nitrogens with zero attached hydrogens (tertiary/aromatic N) is 3. The molecule has 4 aromatic rings. The Kier molecular flexibility index (Phi) is 5.78. The van der Waals surface area contributed by atoms with Crippen LogP contribution in [0.2, 0.25) is 0 Å². The van der Waals surface area contributed by atoms with Gasteiger partial charge in [-0.2, -0.15) is 5.10 Å². The van der Waals surface area contributed by atoms with Gasteiger partial charge in [-0.1, -0.05) is 36.4 Å². The van der Waals surface area contributed by atoms with Crippen LogP contribution in [0.25, 0.3) is 0 Å². The summed E-state index contributed by atoms with van der Waals surface area (Å²) >= 11 is 0. The highest BCUT2D eigenvalue weighted by Crippen LogP contribution is 2.36. The first-order valence-electron chi connectivity index (χ1n) is 11.3. The molecule has 1 aliphatic rings. The van der Waals surface area contributed by atoms with Gasteiger partial charge < -0.3 is 25.2 Å². The van der Waals surface area contributed by atoms with Gasteiger partial charge >= 0.3 is 0 Å².